The van der Waals surface area contributed by atoms with Gasteiger partial charge in [-0.05, 0) is 77.0 Å². The van der Waals surface area contributed by atoms with E-state index in [1.54, 1.807) is 12.4 Å². The molecular weight excluding hydrogens is 530 g/mol. The standard InChI is InChI=1S/C38H23N3O2/c1-2-6-25-19-26(10-9-24(25)5-1)29-7-3-4-8-34(29)41(27-11-13-35-32(20-27)30-15-17-39-22-37(30)42-35)28-12-14-36-33(21-28)31-16-18-40-23-38(31)43-36/h1-23H. The van der Waals surface area contributed by atoms with Crippen LogP contribution >= 0.6 is 0 Å². The highest BCUT2D eigenvalue weighted by molar-refractivity contribution is 6.08. The first-order chi connectivity index (χ1) is 21.3. The molecule has 9 aromatic rings. The van der Waals surface area contributed by atoms with E-state index in [4.69, 9.17) is 8.83 Å². The molecule has 202 valence electrons. The van der Waals surface area contributed by atoms with Crippen LogP contribution in [0.5, 0.6) is 0 Å². The number of rotatable bonds is 4. The lowest BCUT2D eigenvalue weighted by molar-refractivity contribution is 0.666. The van der Waals surface area contributed by atoms with Crippen molar-refractivity contribution in [2.45, 2.75) is 0 Å². The minimum Gasteiger partial charge on any atom is -0.454 e. The Balaban J connectivity index is 1.31. The molecule has 4 aromatic heterocycles. The third-order valence-electron chi connectivity index (χ3n) is 8.24. The zero-order valence-electron chi connectivity index (χ0n) is 22.9. The smallest absolute Gasteiger partial charge is 0.153 e. The Morgan fingerprint density at radius 1 is 0.465 bits per heavy atom. The largest absolute Gasteiger partial charge is 0.454 e. The van der Waals surface area contributed by atoms with Gasteiger partial charge in [0.05, 0.1) is 18.1 Å². The Labute approximate surface area is 246 Å². The van der Waals surface area contributed by atoms with Gasteiger partial charge in [-0.25, -0.2) is 0 Å². The fourth-order valence-corrected chi connectivity index (χ4v) is 6.21. The Morgan fingerprint density at radius 2 is 1.07 bits per heavy atom. The number of anilines is 3. The number of hydrogen-bond donors (Lipinski definition) is 0. The van der Waals surface area contributed by atoms with Crippen LogP contribution in [0.15, 0.2) is 149 Å². The van der Waals surface area contributed by atoms with Crippen LogP contribution in [-0.2, 0) is 0 Å². The number of aromatic nitrogens is 2. The summed E-state index contributed by atoms with van der Waals surface area (Å²) in [6.07, 6.45) is 7.16. The fraction of sp³-hybridized carbons (Fsp3) is 0. The average molecular weight is 554 g/mol. The third-order valence-corrected chi connectivity index (χ3v) is 8.24. The van der Waals surface area contributed by atoms with Gasteiger partial charge >= 0.3 is 0 Å². The molecule has 0 amide bonds. The first-order valence-corrected chi connectivity index (χ1v) is 14.2. The molecule has 0 radical (unpaired) electrons. The van der Waals surface area contributed by atoms with Crippen LogP contribution in [0.4, 0.5) is 17.1 Å². The van der Waals surface area contributed by atoms with E-state index in [0.29, 0.717) is 0 Å². The zero-order valence-corrected chi connectivity index (χ0v) is 22.9. The van der Waals surface area contributed by atoms with Crippen molar-refractivity contribution in [2.75, 3.05) is 4.90 Å². The summed E-state index contributed by atoms with van der Waals surface area (Å²) in [5, 5.41) is 6.60. The van der Waals surface area contributed by atoms with Gasteiger partial charge in [0.2, 0.25) is 0 Å². The average Bonchev–Trinajstić information content (AvgIpc) is 3.63. The molecule has 4 heterocycles. The van der Waals surface area contributed by atoms with Crippen molar-refractivity contribution in [3.05, 3.63) is 140 Å². The number of furan rings is 2. The maximum Gasteiger partial charge on any atom is 0.153 e. The molecule has 5 aromatic carbocycles. The van der Waals surface area contributed by atoms with E-state index in [9.17, 15) is 0 Å². The third kappa shape index (κ3) is 3.79. The summed E-state index contributed by atoms with van der Waals surface area (Å²) in [5.41, 5.74) is 8.62. The van der Waals surface area contributed by atoms with Crippen molar-refractivity contribution < 1.29 is 8.83 Å². The molecule has 0 unspecified atom stereocenters. The number of pyridine rings is 2. The number of hydrogen-bond acceptors (Lipinski definition) is 5. The van der Waals surface area contributed by atoms with Gasteiger partial charge in [0, 0.05) is 50.9 Å². The van der Waals surface area contributed by atoms with Crippen LogP contribution in [0.25, 0.3) is 65.8 Å². The predicted octanol–water partition coefficient (Wildman–Crippen LogP) is 10.6. The van der Waals surface area contributed by atoms with Crippen LogP contribution < -0.4 is 4.90 Å². The van der Waals surface area contributed by atoms with E-state index in [0.717, 1.165) is 72.1 Å². The quantitative estimate of drug-likeness (QED) is 0.217. The van der Waals surface area contributed by atoms with Crippen LogP contribution in [0.2, 0.25) is 0 Å². The second-order valence-corrected chi connectivity index (χ2v) is 10.7. The number of nitrogens with zero attached hydrogens (tertiary/aromatic N) is 3. The second kappa shape index (κ2) is 9.29. The Kier molecular flexibility index (Phi) is 5.13. The number of benzene rings is 5. The van der Waals surface area contributed by atoms with E-state index >= 15 is 0 Å². The van der Waals surface area contributed by atoms with Gasteiger partial charge in [-0.15, -0.1) is 0 Å². The van der Waals surface area contributed by atoms with Gasteiger partial charge < -0.3 is 13.7 Å². The molecule has 0 N–H and O–H groups in total. The minimum absolute atomic E-state index is 0.776. The van der Waals surface area contributed by atoms with Crippen LogP contribution in [0, 0.1) is 0 Å². The number of fused-ring (bicyclic) bond motifs is 7. The summed E-state index contributed by atoms with van der Waals surface area (Å²) in [6.45, 7) is 0. The minimum atomic E-state index is 0.776. The van der Waals surface area contributed by atoms with Gasteiger partial charge in [0.15, 0.2) is 11.2 Å². The van der Waals surface area contributed by atoms with Crippen molar-refractivity contribution >= 4 is 71.7 Å². The summed E-state index contributed by atoms with van der Waals surface area (Å²) in [4.78, 5) is 10.8. The molecule has 5 nitrogen and oxygen atoms in total. The van der Waals surface area contributed by atoms with Gasteiger partial charge in [-0.2, -0.15) is 0 Å². The van der Waals surface area contributed by atoms with Crippen molar-refractivity contribution in [2.24, 2.45) is 0 Å². The molecule has 0 atom stereocenters. The highest BCUT2D eigenvalue weighted by atomic mass is 16.3. The zero-order chi connectivity index (χ0) is 28.3. The molecule has 0 fully saturated rings. The molecule has 43 heavy (non-hydrogen) atoms. The van der Waals surface area contributed by atoms with Crippen LogP contribution in [0.1, 0.15) is 0 Å². The maximum absolute atomic E-state index is 6.13. The fourth-order valence-electron chi connectivity index (χ4n) is 6.21. The predicted molar refractivity (Wildman–Crippen MR) is 174 cm³/mol. The normalized spacial score (nSPS) is 11.7. The van der Waals surface area contributed by atoms with E-state index in [1.807, 2.05) is 36.7 Å². The topological polar surface area (TPSA) is 55.3 Å². The number of para-hydroxylation sites is 1. The Morgan fingerprint density at radius 3 is 1.74 bits per heavy atom. The molecule has 0 spiro atoms. The van der Waals surface area contributed by atoms with E-state index in [1.165, 1.54) is 10.8 Å². The first kappa shape index (κ1) is 23.7. The van der Waals surface area contributed by atoms with Crippen LogP contribution in [0.3, 0.4) is 0 Å². The van der Waals surface area contributed by atoms with E-state index in [-0.39, 0.29) is 0 Å². The highest BCUT2D eigenvalue weighted by Gasteiger charge is 2.20. The molecule has 5 heteroatoms. The lowest BCUT2D eigenvalue weighted by Crippen LogP contribution is -2.11. The summed E-state index contributed by atoms with van der Waals surface area (Å²) >= 11 is 0. The van der Waals surface area contributed by atoms with Gasteiger partial charge in [0.25, 0.3) is 0 Å². The van der Waals surface area contributed by atoms with Gasteiger partial charge in [-0.3, -0.25) is 9.97 Å². The second-order valence-electron chi connectivity index (χ2n) is 10.7. The molecule has 0 saturated heterocycles. The molecule has 9 rings (SSSR count). The van der Waals surface area contributed by atoms with Crippen molar-refractivity contribution in [1.29, 1.82) is 0 Å². The van der Waals surface area contributed by atoms with E-state index < -0.39 is 0 Å². The summed E-state index contributed by atoms with van der Waals surface area (Å²) < 4.78 is 12.3. The lowest BCUT2D eigenvalue weighted by atomic mass is 9.98. The molecule has 0 aliphatic carbocycles. The Bertz CT molecular complexity index is 2380. The monoisotopic (exact) mass is 553 g/mol. The van der Waals surface area contributed by atoms with Crippen LogP contribution in [-0.4, -0.2) is 9.97 Å². The van der Waals surface area contributed by atoms with Gasteiger partial charge in [0.1, 0.15) is 11.2 Å². The van der Waals surface area contributed by atoms with Gasteiger partial charge in [-0.1, -0.05) is 54.6 Å². The summed E-state index contributed by atoms with van der Waals surface area (Å²) in [7, 11) is 0. The molecule has 0 aliphatic rings. The first-order valence-electron chi connectivity index (χ1n) is 14.2. The SMILES string of the molecule is c1ccc(N(c2ccc3oc4cnccc4c3c2)c2ccc3oc4cnccc4c3c2)c(-c2ccc3ccccc3c2)c1. The molecule has 0 saturated carbocycles. The van der Waals surface area contributed by atoms with Crippen molar-refractivity contribution in [3.8, 4) is 11.1 Å². The van der Waals surface area contributed by atoms with E-state index in [2.05, 4.69) is 106 Å². The maximum atomic E-state index is 6.13. The van der Waals surface area contributed by atoms with Crippen molar-refractivity contribution in [3.63, 3.8) is 0 Å². The molecular formula is C38H23N3O2. The molecule has 0 aliphatic heterocycles. The molecule has 0 bridgehead atoms. The lowest BCUT2D eigenvalue weighted by Gasteiger charge is -2.28. The Hall–Kier alpha value is -5.94. The summed E-state index contributed by atoms with van der Waals surface area (Å²) in [5.74, 6) is 0. The highest BCUT2D eigenvalue weighted by Crippen LogP contribution is 2.44. The summed E-state index contributed by atoms with van der Waals surface area (Å²) in [6, 6.07) is 40.5. The van der Waals surface area contributed by atoms with Crippen molar-refractivity contribution in [1.82, 2.24) is 9.97 Å².